The fraction of sp³-hybridized carbons (Fsp3) is 1.00. The van der Waals surface area contributed by atoms with Gasteiger partial charge in [-0.2, -0.15) is 0 Å². The second kappa shape index (κ2) is 3.35. The fourth-order valence-electron chi connectivity index (χ4n) is 0.306. The van der Waals surface area contributed by atoms with E-state index in [1.165, 1.54) is 0 Å². The Morgan fingerprint density at radius 2 is 1.20 bits per heavy atom. The molecule has 0 aromatic heterocycles. The molecule has 3 N–H and O–H groups in total. The number of hydrogen-bond donors (Lipinski definition) is 1. The topological polar surface area (TPSA) is 44.2 Å². The van der Waals surface area contributed by atoms with Crippen molar-refractivity contribution < 1.29 is 4.74 Å². The van der Waals surface area contributed by atoms with Crippen LogP contribution < -0.4 is 6.15 Å². The number of ether oxygens (including phenoxy) is 1. The molecule has 0 saturated carbocycles. The SMILES string of the molecule is COC(C)(C)C(C)(C)C.N. The largest absolute Gasteiger partial charge is 0.378 e. The predicted molar refractivity (Wildman–Crippen MR) is 45.6 cm³/mol. The van der Waals surface area contributed by atoms with Crippen LogP contribution in [0.4, 0.5) is 0 Å². The molecule has 0 atom stereocenters. The van der Waals surface area contributed by atoms with Crippen molar-refractivity contribution in [2.24, 2.45) is 5.41 Å². The third kappa shape index (κ3) is 2.67. The van der Waals surface area contributed by atoms with Crippen molar-refractivity contribution >= 4 is 0 Å². The van der Waals surface area contributed by atoms with Crippen LogP contribution in [0.2, 0.25) is 0 Å². The van der Waals surface area contributed by atoms with Crippen LogP contribution in [0.15, 0.2) is 0 Å². The summed E-state index contributed by atoms with van der Waals surface area (Å²) in [5, 5.41) is 0. The van der Waals surface area contributed by atoms with Gasteiger partial charge in [0.05, 0.1) is 5.60 Å². The van der Waals surface area contributed by atoms with Gasteiger partial charge in [0.25, 0.3) is 0 Å². The molecule has 0 fully saturated rings. The summed E-state index contributed by atoms with van der Waals surface area (Å²) < 4.78 is 5.30. The van der Waals surface area contributed by atoms with Gasteiger partial charge in [-0.1, -0.05) is 20.8 Å². The van der Waals surface area contributed by atoms with Crippen LogP contribution in [-0.2, 0) is 4.74 Å². The maximum atomic E-state index is 5.30. The average Bonchev–Trinajstić information content (AvgIpc) is 1.64. The molecule has 0 aliphatic carbocycles. The molecule has 0 aromatic carbocycles. The lowest BCUT2D eigenvalue weighted by Crippen LogP contribution is -2.38. The van der Waals surface area contributed by atoms with Crippen LogP contribution in [0.5, 0.6) is 0 Å². The molecule has 0 amide bonds. The van der Waals surface area contributed by atoms with Gasteiger partial charge < -0.3 is 10.9 Å². The van der Waals surface area contributed by atoms with Gasteiger partial charge in [0.1, 0.15) is 0 Å². The summed E-state index contributed by atoms with van der Waals surface area (Å²) in [5.74, 6) is 0. The van der Waals surface area contributed by atoms with Crippen molar-refractivity contribution in [1.29, 1.82) is 0 Å². The Balaban J connectivity index is 0. The Hall–Kier alpha value is -0.0800. The molecule has 0 aliphatic heterocycles. The van der Waals surface area contributed by atoms with E-state index in [0.717, 1.165) is 0 Å². The van der Waals surface area contributed by atoms with E-state index in [-0.39, 0.29) is 17.2 Å². The van der Waals surface area contributed by atoms with E-state index in [2.05, 4.69) is 34.6 Å². The molecular weight excluding hydrogens is 126 g/mol. The van der Waals surface area contributed by atoms with Crippen LogP contribution in [0.3, 0.4) is 0 Å². The molecule has 0 aromatic rings. The summed E-state index contributed by atoms with van der Waals surface area (Å²) in [6.07, 6.45) is 0. The van der Waals surface area contributed by atoms with Gasteiger partial charge in [0.2, 0.25) is 0 Å². The molecule has 2 heteroatoms. The van der Waals surface area contributed by atoms with Crippen molar-refractivity contribution in [3.05, 3.63) is 0 Å². The highest BCUT2D eigenvalue weighted by Crippen LogP contribution is 2.31. The van der Waals surface area contributed by atoms with Gasteiger partial charge in [-0.05, 0) is 19.3 Å². The summed E-state index contributed by atoms with van der Waals surface area (Å²) in [5.41, 5.74) is 0.203. The van der Waals surface area contributed by atoms with E-state index >= 15 is 0 Å². The number of rotatable bonds is 1. The lowest BCUT2D eigenvalue weighted by Gasteiger charge is -2.37. The van der Waals surface area contributed by atoms with Crippen LogP contribution in [-0.4, -0.2) is 12.7 Å². The van der Waals surface area contributed by atoms with Crippen LogP contribution in [0, 0.1) is 5.41 Å². The summed E-state index contributed by atoms with van der Waals surface area (Å²) >= 11 is 0. The third-order valence-electron chi connectivity index (χ3n) is 2.32. The predicted octanol–water partition coefficient (Wildman–Crippen LogP) is 2.62. The standard InChI is InChI=1S/C8H18O.H3N/c1-7(2,3)8(4,5)9-6;/h1-6H3;1H3. The Morgan fingerprint density at radius 1 is 0.900 bits per heavy atom. The first kappa shape index (κ1) is 12.6. The Bertz CT molecular complexity index is 91.9. The molecule has 64 valence electrons. The summed E-state index contributed by atoms with van der Waals surface area (Å²) in [6.45, 7) is 10.7. The maximum Gasteiger partial charge on any atom is 0.0670 e. The van der Waals surface area contributed by atoms with Crippen LogP contribution in [0.1, 0.15) is 34.6 Å². The van der Waals surface area contributed by atoms with Gasteiger partial charge in [-0.25, -0.2) is 0 Å². The van der Waals surface area contributed by atoms with Crippen molar-refractivity contribution in [3.8, 4) is 0 Å². The molecule has 10 heavy (non-hydrogen) atoms. The molecule has 0 saturated heterocycles. The van der Waals surface area contributed by atoms with Crippen molar-refractivity contribution in [1.82, 2.24) is 6.15 Å². The first-order valence-electron chi connectivity index (χ1n) is 3.36. The molecule has 0 rings (SSSR count). The smallest absolute Gasteiger partial charge is 0.0670 e. The van der Waals surface area contributed by atoms with E-state index in [0.29, 0.717) is 0 Å². The van der Waals surface area contributed by atoms with Gasteiger partial charge in [-0.3, -0.25) is 0 Å². The molecule has 0 heterocycles. The zero-order valence-corrected chi connectivity index (χ0v) is 8.12. The minimum Gasteiger partial charge on any atom is -0.378 e. The second-order valence-corrected chi connectivity index (χ2v) is 3.96. The molecular formula is C8H21NO. The van der Waals surface area contributed by atoms with Crippen LogP contribution in [0.25, 0.3) is 0 Å². The Morgan fingerprint density at radius 3 is 1.20 bits per heavy atom. The summed E-state index contributed by atoms with van der Waals surface area (Å²) in [6, 6.07) is 0. The van der Waals surface area contributed by atoms with Crippen molar-refractivity contribution in [2.75, 3.05) is 7.11 Å². The third-order valence-corrected chi connectivity index (χ3v) is 2.32. The summed E-state index contributed by atoms with van der Waals surface area (Å²) in [4.78, 5) is 0. The van der Waals surface area contributed by atoms with E-state index in [4.69, 9.17) is 4.74 Å². The van der Waals surface area contributed by atoms with Gasteiger partial charge in [0, 0.05) is 7.11 Å². The van der Waals surface area contributed by atoms with E-state index < -0.39 is 0 Å². The Kier molecular flexibility index (Phi) is 4.22. The van der Waals surface area contributed by atoms with E-state index in [1.807, 2.05) is 0 Å². The van der Waals surface area contributed by atoms with Crippen molar-refractivity contribution in [2.45, 2.75) is 40.2 Å². The minimum atomic E-state index is -0.0208. The average molecular weight is 147 g/mol. The lowest BCUT2D eigenvalue weighted by molar-refractivity contribution is -0.0620. The molecule has 0 unspecified atom stereocenters. The highest BCUT2D eigenvalue weighted by atomic mass is 16.5. The molecule has 0 bridgehead atoms. The monoisotopic (exact) mass is 147 g/mol. The zero-order chi connectivity index (χ0) is 7.71. The lowest BCUT2D eigenvalue weighted by atomic mass is 9.79. The molecule has 2 nitrogen and oxygen atoms in total. The zero-order valence-electron chi connectivity index (χ0n) is 8.12. The highest BCUT2D eigenvalue weighted by Gasteiger charge is 2.32. The fourth-order valence-corrected chi connectivity index (χ4v) is 0.306. The van der Waals surface area contributed by atoms with E-state index in [9.17, 15) is 0 Å². The van der Waals surface area contributed by atoms with Gasteiger partial charge in [0.15, 0.2) is 0 Å². The number of hydrogen-bond acceptors (Lipinski definition) is 2. The first-order chi connectivity index (χ1) is 3.81. The molecule has 0 spiro atoms. The quantitative estimate of drug-likeness (QED) is 0.619. The number of methoxy groups -OCH3 is 1. The second-order valence-electron chi connectivity index (χ2n) is 3.96. The molecule has 0 aliphatic rings. The van der Waals surface area contributed by atoms with Gasteiger partial charge >= 0.3 is 0 Å². The van der Waals surface area contributed by atoms with E-state index in [1.54, 1.807) is 7.11 Å². The van der Waals surface area contributed by atoms with Gasteiger partial charge in [-0.15, -0.1) is 0 Å². The first-order valence-corrected chi connectivity index (χ1v) is 3.36. The summed E-state index contributed by atoms with van der Waals surface area (Å²) in [7, 11) is 1.76. The highest BCUT2D eigenvalue weighted by molar-refractivity contribution is 4.82. The maximum absolute atomic E-state index is 5.30. The Labute approximate surface area is 64.5 Å². The van der Waals surface area contributed by atoms with Crippen molar-refractivity contribution in [3.63, 3.8) is 0 Å². The molecule has 0 radical (unpaired) electrons. The normalized spacial score (nSPS) is 12.6. The van der Waals surface area contributed by atoms with Crippen LogP contribution >= 0.6 is 0 Å². The minimum absolute atomic E-state index is 0.